The largest absolute Gasteiger partial charge is 0.308 e. The Hall–Kier alpha value is -8.20. The van der Waals surface area contributed by atoms with E-state index in [2.05, 4.69) is 193 Å². The molecule has 2 heteroatoms. The first-order chi connectivity index (χ1) is 30.7. The molecule has 0 radical (unpaired) electrons. The van der Waals surface area contributed by atoms with Crippen molar-refractivity contribution in [3.63, 3.8) is 0 Å². The molecular weight excluding hydrogens is 749 g/mol. The minimum Gasteiger partial charge on any atom is -0.308 e. The van der Waals surface area contributed by atoms with Gasteiger partial charge in [-0.05, 0) is 129 Å². The van der Waals surface area contributed by atoms with Gasteiger partial charge in [0.05, 0.1) is 5.69 Å². The van der Waals surface area contributed by atoms with Crippen LogP contribution in [0.1, 0.15) is 11.3 Å². The molecule has 1 heterocycles. The van der Waals surface area contributed by atoms with Crippen LogP contribution in [0.2, 0.25) is 0 Å². The highest BCUT2D eigenvalue weighted by molar-refractivity contribution is 6.28. The predicted octanol–water partition coefficient (Wildman–Crippen LogP) is 16.1. The molecule has 1 N–H and O–H groups in total. The van der Waals surface area contributed by atoms with Crippen molar-refractivity contribution >= 4 is 39.4 Å². The summed E-state index contributed by atoms with van der Waals surface area (Å²) in [5.41, 5.74) is 20.1. The zero-order chi connectivity index (χ0) is 41.4. The topological polar surface area (TPSA) is 36.7 Å². The first-order valence-electron chi connectivity index (χ1n) is 21.1. The number of hydrogen-bond acceptors (Lipinski definition) is 2. The summed E-state index contributed by atoms with van der Waals surface area (Å²) in [6.45, 7) is 0. The van der Waals surface area contributed by atoms with Crippen molar-refractivity contribution in [2.45, 2.75) is 0 Å². The third-order valence-electron chi connectivity index (χ3n) is 12.3. The molecule has 0 saturated carbocycles. The monoisotopic (exact) mass is 788 g/mol. The Bertz CT molecular complexity index is 3250. The van der Waals surface area contributed by atoms with E-state index in [1.807, 2.05) is 36.4 Å². The zero-order valence-corrected chi connectivity index (χ0v) is 34.0. The lowest BCUT2D eigenvalue weighted by Crippen LogP contribution is -1.93. The third-order valence-corrected chi connectivity index (χ3v) is 12.3. The van der Waals surface area contributed by atoms with Crippen molar-refractivity contribution in [2.75, 3.05) is 0 Å². The fraction of sp³-hybridized carbons (Fsp3) is 0. The zero-order valence-electron chi connectivity index (χ0n) is 34.0. The molecule has 0 amide bonds. The molecule has 1 aromatic heterocycles. The van der Waals surface area contributed by atoms with Crippen molar-refractivity contribution in [2.24, 2.45) is 0 Å². The van der Waals surface area contributed by atoms with Crippen LogP contribution < -0.4 is 0 Å². The predicted molar refractivity (Wildman–Crippen MR) is 263 cm³/mol. The number of rotatable bonds is 9. The summed E-state index contributed by atoms with van der Waals surface area (Å²) in [7, 11) is 0. The molecule has 11 rings (SSSR count). The molecule has 10 aromatic rings. The highest BCUT2D eigenvalue weighted by atomic mass is 14.6. The maximum Gasteiger partial charge on any atom is 0.0629 e. The summed E-state index contributed by atoms with van der Waals surface area (Å²) in [6.07, 6.45) is 9.01. The molecule has 0 saturated heterocycles. The fourth-order valence-corrected chi connectivity index (χ4v) is 9.37. The molecule has 1 aliphatic rings. The number of nitrogens with zero attached hydrogens (tertiary/aromatic N) is 1. The van der Waals surface area contributed by atoms with Gasteiger partial charge in [-0.15, -0.1) is 0 Å². The van der Waals surface area contributed by atoms with Crippen LogP contribution in [0.3, 0.4) is 0 Å². The van der Waals surface area contributed by atoms with Gasteiger partial charge in [0, 0.05) is 12.4 Å². The van der Waals surface area contributed by atoms with Crippen molar-refractivity contribution in [1.29, 1.82) is 5.41 Å². The average molecular weight is 789 g/mol. The van der Waals surface area contributed by atoms with E-state index in [0.29, 0.717) is 0 Å². The van der Waals surface area contributed by atoms with Gasteiger partial charge < -0.3 is 5.41 Å². The number of allylic oxidation sites excluding steroid dienone is 3. The molecule has 62 heavy (non-hydrogen) atoms. The average Bonchev–Trinajstić information content (AvgIpc) is 3.68. The van der Waals surface area contributed by atoms with Gasteiger partial charge in [0.15, 0.2) is 0 Å². The second-order valence-electron chi connectivity index (χ2n) is 15.8. The fourth-order valence-electron chi connectivity index (χ4n) is 9.37. The van der Waals surface area contributed by atoms with Gasteiger partial charge in [0.2, 0.25) is 0 Å². The van der Waals surface area contributed by atoms with Crippen molar-refractivity contribution < 1.29 is 0 Å². The molecule has 0 unspecified atom stereocenters. The molecular formula is C60H40N2. The Morgan fingerprint density at radius 1 is 0.371 bits per heavy atom. The van der Waals surface area contributed by atoms with Crippen molar-refractivity contribution in [3.05, 3.63) is 236 Å². The number of aromatic nitrogens is 1. The maximum atomic E-state index is 7.99. The van der Waals surface area contributed by atoms with E-state index >= 15 is 0 Å². The van der Waals surface area contributed by atoms with Crippen LogP contribution in [0.25, 0.3) is 111 Å². The van der Waals surface area contributed by atoms with Gasteiger partial charge in [-0.1, -0.05) is 206 Å². The second kappa shape index (κ2) is 15.8. The Labute approximate surface area is 362 Å². The van der Waals surface area contributed by atoms with E-state index < -0.39 is 0 Å². The lowest BCUT2D eigenvalue weighted by molar-refractivity contribution is 1.30. The SMILES string of the molecule is N=C/C(=C\C=C\c1ccccn1)c1ccc(-c2ccc(-c3ccc(-c4ccc5c6c(cccc46)-c4c-5c(-c5ccccc5)c5ccccc5c4-c4ccccc4)cc3)cc2)cc1. The van der Waals surface area contributed by atoms with Crippen LogP contribution in [-0.2, 0) is 0 Å². The van der Waals surface area contributed by atoms with Crippen molar-refractivity contribution in [3.8, 4) is 77.9 Å². The first-order valence-corrected chi connectivity index (χ1v) is 21.1. The highest BCUT2D eigenvalue weighted by Gasteiger charge is 2.31. The summed E-state index contributed by atoms with van der Waals surface area (Å²) in [4.78, 5) is 4.34. The molecule has 9 aromatic carbocycles. The Morgan fingerprint density at radius 3 is 1.40 bits per heavy atom. The molecule has 0 bridgehead atoms. The van der Waals surface area contributed by atoms with Gasteiger partial charge >= 0.3 is 0 Å². The number of nitrogens with one attached hydrogen (secondary N) is 1. The number of benzene rings is 9. The second-order valence-corrected chi connectivity index (χ2v) is 15.8. The smallest absolute Gasteiger partial charge is 0.0629 e. The van der Waals surface area contributed by atoms with Gasteiger partial charge in [-0.3, -0.25) is 4.98 Å². The molecule has 0 spiro atoms. The number of pyridine rings is 1. The lowest BCUT2D eigenvalue weighted by atomic mass is 9.82. The van der Waals surface area contributed by atoms with Crippen LogP contribution in [0.4, 0.5) is 0 Å². The summed E-state index contributed by atoms with van der Waals surface area (Å²) in [5, 5.41) is 13.1. The highest BCUT2D eigenvalue weighted by Crippen LogP contribution is 2.58. The van der Waals surface area contributed by atoms with Crippen molar-refractivity contribution in [1.82, 2.24) is 4.98 Å². The molecule has 2 nitrogen and oxygen atoms in total. The Balaban J connectivity index is 0.922. The maximum absolute atomic E-state index is 7.99. The lowest BCUT2D eigenvalue weighted by Gasteiger charge is -2.20. The van der Waals surface area contributed by atoms with Crippen LogP contribution in [0.5, 0.6) is 0 Å². The van der Waals surface area contributed by atoms with E-state index in [1.165, 1.54) is 94.5 Å². The normalized spacial score (nSPS) is 12.0. The standard InChI is InChI=1S/C60H40N2/c61-39-48(17-11-19-49-18-9-10-38-62-49)44-30-28-42(29-31-44)40-24-26-41(27-25-40)43-32-34-45(35-33-43)50-36-37-55-58-51(50)22-12-23-54(58)59-56(46-13-3-1-4-14-46)52-20-7-8-21-53(52)57(60(55)59)47-15-5-2-6-16-47/h1-39,61H/b19-11+,48-17+,61-39?. The molecule has 0 aliphatic heterocycles. The molecule has 0 atom stereocenters. The molecule has 290 valence electrons. The summed E-state index contributed by atoms with van der Waals surface area (Å²) in [5.74, 6) is 0. The Kier molecular flexibility index (Phi) is 9.37. The molecule has 1 aliphatic carbocycles. The quantitative estimate of drug-likeness (QED) is 0.115. The van der Waals surface area contributed by atoms with E-state index in [-0.39, 0.29) is 0 Å². The van der Waals surface area contributed by atoms with Crippen LogP contribution in [-0.4, -0.2) is 11.2 Å². The Morgan fingerprint density at radius 2 is 0.855 bits per heavy atom. The van der Waals surface area contributed by atoms with E-state index in [9.17, 15) is 0 Å². The van der Waals surface area contributed by atoms with Crippen LogP contribution in [0.15, 0.2) is 225 Å². The third kappa shape index (κ3) is 6.46. The summed E-state index contributed by atoms with van der Waals surface area (Å²) in [6, 6.07) is 74.4. The van der Waals surface area contributed by atoms with Gasteiger partial charge in [-0.2, -0.15) is 0 Å². The van der Waals surface area contributed by atoms with Crippen LogP contribution in [0, 0.1) is 5.41 Å². The summed E-state index contributed by atoms with van der Waals surface area (Å²) < 4.78 is 0. The van der Waals surface area contributed by atoms with E-state index in [4.69, 9.17) is 5.41 Å². The molecule has 0 fully saturated rings. The van der Waals surface area contributed by atoms with Gasteiger partial charge in [0.1, 0.15) is 0 Å². The van der Waals surface area contributed by atoms with E-state index in [1.54, 1.807) is 6.20 Å². The minimum atomic E-state index is 0.841. The first kappa shape index (κ1) is 36.8. The van der Waals surface area contributed by atoms with E-state index in [0.717, 1.165) is 28.0 Å². The number of hydrogen-bond donors (Lipinski definition) is 1. The van der Waals surface area contributed by atoms with Crippen LogP contribution >= 0.6 is 0 Å². The summed E-state index contributed by atoms with van der Waals surface area (Å²) >= 11 is 0. The van der Waals surface area contributed by atoms with Gasteiger partial charge in [-0.25, -0.2) is 0 Å². The van der Waals surface area contributed by atoms with Gasteiger partial charge in [0.25, 0.3) is 0 Å². The minimum absolute atomic E-state index is 0.841. The number of fused-ring (bicyclic) bond motifs is 4.